The number of aryl methyl sites for hydroxylation is 1. The van der Waals surface area contributed by atoms with Gasteiger partial charge in [0, 0.05) is 30.3 Å². The first kappa shape index (κ1) is 24.0. The Morgan fingerprint density at radius 2 is 1.97 bits per heavy atom. The summed E-state index contributed by atoms with van der Waals surface area (Å²) >= 11 is 0. The quantitative estimate of drug-likeness (QED) is 0.340. The van der Waals surface area contributed by atoms with Crippen molar-refractivity contribution in [1.82, 2.24) is 20.2 Å². The molecule has 5 rings (SSSR count). The highest BCUT2D eigenvalue weighted by atomic mass is 32.2. The maximum Gasteiger partial charge on any atom is 0.251 e. The van der Waals surface area contributed by atoms with Crippen LogP contribution in [0.1, 0.15) is 41.2 Å². The molecule has 3 heterocycles. The lowest BCUT2D eigenvalue weighted by molar-refractivity contribution is 0.168. The maximum absolute atomic E-state index is 12.4. The molecule has 36 heavy (non-hydrogen) atoms. The Labute approximate surface area is 208 Å². The SMILES string of the molecule is Cc1nnc(-c2cnc(Nc3ccc4c(c3)C(O)CCS4(=O)=O)nc2C[C@H](CO)c2ccccc2)o1. The van der Waals surface area contributed by atoms with Gasteiger partial charge in [-0.15, -0.1) is 10.2 Å². The van der Waals surface area contributed by atoms with E-state index < -0.39 is 15.9 Å². The van der Waals surface area contributed by atoms with Crippen LogP contribution >= 0.6 is 0 Å². The molecule has 3 N–H and O–H groups in total. The molecule has 0 saturated heterocycles. The average Bonchev–Trinajstić information content (AvgIpc) is 3.31. The summed E-state index contributed by atoms with van der Waals surface area (Å²) in [5.41, 5.74) is 3.01. The van der Waals surface area contributed by atoms with Gasteiger partial charge in [-0.25, -0.2) is 18.4 Å². The van der Waals surface area contributed by atoms with Crippen LogP contribution in [0.25, 0.3) is 11.5 Å². The van der Waals surface area contributed by atoms with E-state index in [0.717, 1.165) is 5.56 Å². The van der Waals surface area contributed by atoms with Crippen molar-refractivity contribution in [3.63, 3.8) is 0 Å². The van der Waals surface area contributed by atoms with Crippen molar-refractivity contribution < 1.29 is 23.0 Å². The van der Waals surface area contributed by atoms with Gasteiger partial charge in [-0.3, -0.25) is 0 Å². The van der Waals surface area contributed by atoms with Crippen molar-refractivity contribution >= 4 is 21.5 Å². The first-order valence-electron chi connectivity index (χ1n) is 11.5. The summed E-state index contributed by atoms with van der Waals surface area (Å²) in [5.74, 6) is 0.650. The Hall–Kier alpha value is -3.67. The largest absolute Gasteiger partial charge is 0.421 e. The number of hydrogen-bond acceptors (Lipinski definition) is 10. The molecule has 1 aliphatic heterocycles. The van der Waals surface area contributed by atoms with E-state index >= 15 is 0 Å². The molecule has 1 aliphatic rings. The Kier molecular flexibility index (Phi) is 6.52. The molecule has 0 saturated carbocycles. The molecule has 4 aromatic rings. The van der Waals surface area contributed by atoms with Crippen molar-refractivity contribution in [1.29, 1.82) is 0 Å². The second-order valence-corrected chi connectivity index (χ2v) is 10.8. The molecule has 0 radical (unpaired) electrons. The number of hydrogen-bond donors (Lipinski definition) is 3. The number of anilines is 2. The van der Waals surface area contributed by atoms with Gasteiger partial charge in [0.25, 0.3) is 5.89 Å². The first-order chi connectivity index (χ1) is 17.3. The van der Waals surface area contributed by atoms with E-state index in [1.54, 1.807) is 25.3 Å². The highest BCUT2D eigenvalue weighted by Crippen LogP contribution is 2.35. The summed E-state index contributed by atoms with van der Waals surface area (Å²) < 4.78 is 30.3. The van der Waals surface area contributed by atoms with Gasteiger partial charge in [0.15, 0.2) is 9.84 Å². The zero-order chi connectivity index (χ0) is 25.3. The molecule has 11 heteroatoms. The number of sulfone groups is 1. The molecule has 10 nitrogen and oxygen atoms in total. The number of fused-ring (bicyclic) bond motifs is 1. The summed E-state index contributed by atoms with van der Waals surface area (Å²) in [6.07, 6.45) is 1.26. The van der Waals surface area contributed by atoms with Crippen LogP contribution < -0.4 is 5.32 Å². The van der Waals surface area contributed by atoms with Gasteiger partial charge in [-0.05, 0) is 36.6 Å². The van der Waals surface area contributed by atoms with E-state index in [0.29, 0.717) is 34.8 Å². The van der Waals surface area contributed by atoms with E-state index in [4.69, 9.17) is 4.42 Å². The number of benzene rings is 2. The minimum atomic E-state index is -3.41. The summed E-state index contributed by atoms with van der Waals surface area (Å²) in [6.45, 7) is 1.61. The zero-order valence-electron chi connectivity index (χ0n) is 19.5. The molecule has 0 amide bonds. The average molecular weight is 508 g/mol. The molecule has 0 bridgehead atoms. The number of aliphatic hydroxyl groups is 2. The number of aliphatic hydroxyl groups excluding tert-OH is 2. The number of rotatable bonds is 7. The third kappa shape index (κ3) is 4.85. The van der Waals surface area contributed by atoms with Gasteiger partial charge in [0.1, 0.15) is 0 Å². The second-order valence-electron chi connectivity index (χ2n) is 8.68. The van der Waals surface area contributed by atoms with Crippen molar-refractivity contribution in [2.75, 3.05) is 17.7 Å². The summed E-state index contributed by atoms with van der Waals surface area (Å²) in [5, 5.41) is 31.6. The topological polar surface area (TPSA) is 151 Å². The van der Waals surface area contributed by atoms with Crippen LogP contribution in [0.2, 0.25) is 0 Å². The number of nitrogens with zero attached hydrogens (tertiary/aromatic N) is 4. The third-order valence-corrected chi connectivity index (χ3v) is 7.99. The minimum Gasteiger partial charge on any atom is -0.421 e. The van der Waals surface area contributed by atoms with E-state index in [9.17, 15) is 18.6 Å². The molecule has 0 spiro atoms. The van der Waals surface area contributed by atoms with E-state index in [1.165, 1.54) is 6.07 Å². The Morgan fingerprint density at radius 1 is 1.17 bits per heavy atom. The van der Waals surface area contributed by atoms with Crippen molar-refractivity contribution in [2.24, 2.45) is 0 Å². The van der Waals surface area contributed by atoms with Gasteiger partial charge in [0.05, 0.1) is 34.6 Å². The summed E-state index contributed by atoms with van der Waals surface area (Å²) in [6, 6.07) is 14.4. The summed E-state index contributed by atoms with van der Waals surface area (Å²) in [4.78, 5) is 9.22. The highest BCUT2D eigenvalue weighted by Gasteiger charge is 2.29. The van der Waals surface area contributed by atoms with Gasteiger partial charge >= 0.3 is 0 Å². The monoisotopic (exact) mass is 507 g/mol. The molecular formula is C25H25N5O5S. The molecule has 1 unspecified atom stereocenters. The van der Waals surface area contributed by atoms with Crippen molar-refractivity contribution in [3.8, 4) is 11.5 Å². The molecule has 2 aromatic heterocycles. The molecule has 186 valence electrons. The van der Waals surface area contributed by atoms with E-state index in [-0.39, 0.29) is 41.4 Å². The lowest BCUT2D eigenvalue weighted by Gasteiger charge is -2.22. The molecule has 0 fully saturated rings. The maximum atomic E-state index is 12.4. The normalized spacial score (nSPS) is 17.4. The Morgan fingerprint density at radius 3 is 2.69 bits per heavy atom. The van der Waals surface area contributed by atoms with Crippen LogP contribution in [0.15, 0.2) is 64.0 Å². The number of nitrogens with one attached hydrogen (secondary N) is 1. The van der Waals surface area contributed by atoms with E-state index in [2.05, 4.69) is 25.5 Å². The van der Waals surface area contributed by atoms with Crippen LogP contribution in [-0.2, 0) is 16.3 Å². The lowest BCUT2D eigenvalue weighted by atomic mass is 9.93. The lowest BCUT2D eigenvalue weighted by Crippen LogP contribution is -2.20. The summed E-state index contributed by atoms with van der Waals surface area (Å²) in [7, 11) is -3.41. The highest BCUT2D eigenvalue weighted by molar-refractivity contribution is 7.91. The van der Waals surface area contributed by atoms with E-state index in [1.807, 2.05) is 30.3 Å². The fourth-order valence-corrected chi connectivity index (χ4v) is 5.88. The van der Waals surface area contributed by atoms with Gasteiger partial charge < -0.3 is 19.9 Å². The predicted molar refractivity (Wildman–Crippen MR) is 131 cm³/mol. The smallest absolute Gasteiger partial charge is 0.251 e. The standard InChI is InChI=1S/C25H25N5O5S/c1-15-29-30-24(35-15)20-13-26-25(28-21(20)11-17(14-31)16-5-3-2-4-6-16)27-18-7-8-23-19(12-18)22(32)9-10-36(23,33)34/h2-8,12-13,17,22,31-32H,9-11,14H2,1H3,(H,26,27,28)/t17-,22?/m1/s1. The molecule has 0 aliphatic carbocycles. The Bertz CT molecular complexity index is 1490. The van der Waals surface area contributed by atoms with Crippen LogP contribution in [0.5, 0.6) is 0 Å². The van der Waals surface area contributed by atoms with Crippen LogP contribution in [-0.4, -0.2) is 51.2 Å². The molecule has 2 atom stereocenters. The fourth-order valence-electron chi connectivity index (χ4n) is 4.29. The third-order valence-electron chi connectivity index (χ3n) is 6.18. The number of aromatic nitrogens is 4. The fraction of sp³-hybridized carbons (Fsp3) is 0.280. The van der Waals surface area contributed by atoms with Gasteiger partial charge in [-0.1, -0.05) is 30.3 Å². The van der Waals surface area contributed by atoms with Crippen molar-refractivity contribution in [3.05, 3.63) is 77.4 Å². The predicted octanol–water partition coefficient (Wildman–Crippen LogP) is 3.11. The second kappa shape index (κ2) is 9.76. The van der Waals surface area contributed by atoms with Crippen LogP contribution in [0.4, 0.5) is 11.6 Å². The van der Waals surface area contributed by atoms with Crippen LogP contribution in [0, 0.1) is 6.92 Å². The minimum absolute atomic E-state index is 0.0789. The first-order valence-corrected chi connectivity index (χ1v) is 13.1. The van der Waals surface area contributed by atoms with Gasteiger partial charge in [0.2, 0.25) is 11.8 Å². The zero-order valence-corrected chi connectivity index (χ0v) is 20.3. The van der Waals surface area contributed by atoms with Crippen molar-refractivity contribution in [2.45, 2.75) is 36.7 Å². The molecular weight excluding hydrogens is 482 g/mol. The molecule has 2 aromatic carbocycles. The van der Waals surface area contributed by atoms with Gasteiger partial charge in [-0.2, -0.15) is 0 Å². The van der Waals surface area contributed by atoms with Crippen LogP contribution in [0.3, 0.4) is 0 Å². The Balaban J connectivity index is 1.50.